The highest BCUT2D eigenvalue weighted by atomic mass is 28.4. The quantitative estimate of drug-likeness (QED) is 0.556. The zero-order valence-electron chi connectivity index (χ0n) is 19.4. The Hall–Kier alpha value is -1.47. The predicted molar refractivity (Wildman–Crippen MR) is 121 cm³/mol. The molecule has 1 heterocycles. The number of imidazole rings is 1. The van der Waals surface area contributed by atoms with Crippen molar-refractivity contribution in [2.75, 3.05) is 6.61 Å². The van der Waals surface area contributed by atoms with Gasteiger partial charge >= 0.3 is 0 Å². The second kappa shape index (κ2) is 9.12. The fourth-order valence-electron chi connectivity index (χ4n) is 3.31. The average Bonchev–Trinajstić information content (AvgIpc) is 2.95. The lowest BCUT2D eigenvalue weighted by atomic mass is 10.1. The van der Waals surface area contributed by atoms with Crippen molar-refractivity contribution in [3.63, 3.8) is 0 Å². The first-order valence-electron chi connectivity index (χ1n) is 10.4. The minimum Gasteiger partial charge on any atom is -0.410 e. The summed E-state index contributed by atoms with van der Waals surface area (Å²) in [6.07, 6.45) is 0. The third kappa shape index (κ3) is 5.78. The summed E-state index contributed by atoms with van der Waals surface area (Å²) in [5.74, 6) is 0.821. The first-order valence-corrected chi connectivity index (χ1v) is 13.3. The molecule has 1 aromatic heterocycles. The van der Waals surface area contributed by atoms with E-state index >= 15 is 0 Å². The summed E-state index contributed by atoms with van der Waals surface area (Å²) >= 11 is 0. The molecule has 0 radical (unpaired) electrons. The number of aromatic nitrogens is 2. The fraction of sp³-hybridized carbons (Fsp3) is 0.609. The minimum atomic E-state index is -1.95. The van der Waals surface area contributed by atoms with Gasteiger partial charge in [-0.05, 0) is 38.9 Å². The van der Waals surface area contributed by atoms with Gasteiger partial charge in [-0.25, -0.2) is 4.98 Å². The number of aliphatic hydroxyl groups is 1. The Kier molecular flexibility index (Phi) is 7.49. The smallest absolute Gasteiger partial charge is 0.192 e. The minimum absolute atomic E-state index is 0.111. The van der Waals surface area contributed by atoms with Crippen LogP contribution in [0.5, 0.6) is 0 Å². The maximum absolute atomic E-state index is 9.99. The van der Waals surface area contributed by atoms with E-state index in [9.17, 15) is 5.11 Å². The summed E-state index contributed by atoms with van der Waals surface area (Å²) < 4.78 is 14.6. The lowest BCUT2D eigenvalue weighted by Gasteiger charge is -2.43. The zero-order valence-corrected chi connectivity index (χ0v) is 20.4. The van der Waals surface area contributed by atoms with E-state index in [1.54, 1.807) is 0 Å². The van der Waals surface area contributed by atoms with Crippen molar-refractivity contribution in [2.24, 2.45) is 0 Å². The molecule has 1 N–H and O–H groups in total. The number of rotatable bonds is 9. The number of hydrogen-bond donors (Lipinski definition) is 1. The Morgan fingerprint density at radius 1 is 1.07 bits per heavy atom. The van der Waals surface area contributed by atoms with Crippen LogP contribution in [0.25, 0.3) is 11.3 Å². The molecule has 5 nitrogen and oxygen atoms in total. The van der Waals surface area contributed by atoms with Gasteiger partial charge in [0.05, 0.1) is 30.1 Å². The number of benzene rings is 1. The topological polar surface area (TPSA) is 56.5 Å². The second-order valence-electron chi connectivity index (χ2n) is 9.69. The molecule has 162 valence electrons. The van der Waals surface area contributed by atoms with E-state index in [-0.39, 0.29) is 17.2 Å². The molecule has 0 unspecified atom stereocenters. The molecule has 2 aromatic rings. The van der Waals surface area contributed by atoms with Crippen molar-refractivity contribution >= 4 is 8.32 Å². The summed E-state index contributed by atoms with van der Waals surface area (Å²) in [4.78, 5) is 4.72. The Balaban J connectivity index is 2.50. The number of aliphatic hydroxyl groups excluding tert-OH is 1. The first kappa shape index (κ1) is 23.8. The summed E-state index contributed by atoms with van der Waals surface area (Å²) in [5.41, 5.74) is 2.26. The van der Waals surface area contributed by atoms with Crippen molar-refractivity contribution in [3.8, 4) is 11.3 Å². The van der Waals surface area contributed by atoms with Crippen molar-refractivity contribution < 1.29 is 14.3 Å². The van der Waals surface area contributed by atoms with E-state index in [0.717, 1.165) is 17.1 Å². The van der Waals surface area contributed by atoms with Crippen LogP contribution in [0.2, 0.25) is 18.1 Å². The molecule has 0 aliphatic carbocycles. The van der Waals surface area contributed by atoms with Gasteiger partial charge in [0.2, 0.25) is 0 Å². The third-order valence-corrected chi connectivity index (χ3v) is 10.3. The highest BCUT2D eigenvalue weighted by Gasteiger charge is 2.42. The van der Waals surface area contributed by atoms with Gasteiger partial charge in [-0.3, -0.25) is 0 Å². The molecule has 0 saturated carbocycles. The lowest BCUT2D eigenvalue weighted by Crippen LogP contribution is -2.49. The van der Waals surface area contributed by atoms with Crippen LogP contribution in [0.3, 0.4) is 0 Å². The van der Waals surface area contributed by atoms with Crippen LogP contribution in [-0.2, 0) is 28.9 Å². The molecule has 0 amide bonds. The number of ether oxygens (including phenoxy) is 1. The van der Waals surface area contributed by atoms with Crippen LogP contribution in [0.1, 0.15) is 53.1 Å². The highest BCUT2D eigenvalue weighted by molar-refractivity contribution is 6.74. The van der Waals surface area contributed by atoms with Crippen molar-refractivity contribution in [1.29, 1.82) is 0 Å². The van der Waals surface area contributed by atoms with Crippen LogP contribution < -0.4 is 0 Å². The van der Waals surface area contributed by atoms with Crippen LogP contribution in [0.4, 0.5) is 0 Å². The van der Waals surface area contributed by atoms with Gasteiger partial charge in [0.25, 0.3) is 0 Å². The van der Waals surface area contributed by atoms with Gasteiger partial charge in [0, 0.05) is 12.2 Å². The van der Waals surface area contributed by atoms with Crippen LogP contribution in [0, 0.1) is 0 Å². The average molecular weight is 419 g/mol. The Labute approximate surface area is 177 Å². The van der Waals surface area contributed by atoms with Gasteiger partial charge in [0.1, 0.15) is 12.4 Å². The summed E-state index contributed by atoms with van der Waals surface area (Å²) in [5, 5.41) is 10.1. The molecular formula is C23H38N2O3Si. The van der Waals surface area contributed by atoms with E-state index in [0.29, 0.717) is 25.5 Å². The molecule has 0 aliphatic heterocycles. The molecule has 0 atom stereocenters. The van der Waals surface area contributed by atoms with E-state index in [2.05, 4.69) is 64.4 Å². The Morgan fingerprint density at radius 2 is 1.69 bits per heavy atom. The molecule has 2 rings (SSSR count). The zero-order chi connectivity index (χ0) is 21.9. The van der Waals surface area contributed by atoms with E-state index in [1.807, 2.05) is 25.1 Å². The highest BCUT2D eigenvalue weighted by Crippen LogP contribution is 2.40. The number of hydrogen-bond acceptors (Lipinski definition) is 4. The monoisotopic (exact) mass is 418 g/mol. The van der Waals surface area contributed by atoms with Crippen LogP contribution in [0.15, 0.2) is 30.3 Å². The molecule has 0 saturated heterocycles. The van der Waals surface area contributed by atoms with E-state index in [1.165, 1.54) is 0 Å². The molecule has 0 fully saturated rings. The normalized spacial score (nSPS) is 13.1. The van der Waals surface area contributed by atoms with E-state index in [4.69, 9.17) is 14.1 Å². The van der Waals surface area contributed by atoms with Gasteiger partial charge in [-0.1, -0.05) is 51.1 Å². The molecule has 0 aliphatic rings. The van der Waals surface area contributed by atoms with Crippen LogP contribution >= 0.6 is 0 Å². The van der Waals surface area contributed by atoms with Gasteiger partial charge in [-0.15, -0.1) is 0 Å². The first-order chi connectivity index (χ1) is 13.4. The molecule has 1 aromatic carbocycles. The van der Waals surface area contributed by atoms with Crippen molar-refractivity contribution in [1.82, 2.24) is 9.55 Å². The largest absolute Gasteiger partial charge is 0.410 e. The standard InChI is InChI=1S/C23H38N2O3Si/c1-9-27-16-20-24-19(15-26)21(18-13-11-10-12-14-18)25(20)17-23(5,6)28-29(7,8)22(2,3)4/h10-14,26H,9,15-17H2,1-8H3. The summed E-state index contributed by atoms with van der Waals surface area (Å²) in [6.45, 7) is 19.1. The Bertz CT molecular complexity index is 792. The van der Waals surface area contributed by atoms with Gasteiger partial charge < -0.3 is 18.8 Å². The maximum Gasteiger partial charge on any atom is 0.192 e. The SMILES string of the molecule is CCOCc1nc(CO)c(-c2ccccc2)n1CC(C)(C)O[Si](C)(C)C(C)(C)C. The van der Waals surface area contributed by atoms with Crippen molar-refractivity contribution in [2.45, 2.75) is 85.0 Å². The summed E-state index contributed by atoms with van der Waals surface area (Å²) in [7, 11) is -1.95. The molecule has 0 spiro atoms. The third-order valence-electron chi connectivity index (χ3n) is 5.63. The lowest BCUT2D eigenvalue weighted by molar-refractivity contribution is 0.0681. The molecule has 6 heteroatoms. The Morgan fingerprint density at radius 3 is 2.21 bits per heavy atom. The molecule has 0 bridgehead atoms. The second-order valence-corrected chi connectivity index (χ2v) is 14.4. The van der Waals surface area contributed by atoms with Gasteiger partial charge in [-0.2, -0.15) is 0 Å². The molecule has 29 heavy (non-hydrogen) atoms. The maximum atomic E-state index is 9.99. The number of nitrogens with zero attached hydrogens (tertiary/aromatic N) is 2. The van der Waals surface area contributed by atoms with Crippen LogP contribution in [-0.4, -0.2) is 35.2 Å². The predicted octanol–water partition coefficient (Wildman–Crippen LogP) is 5.38. The molecular weight excluding hydrogens is 380 g/mol. The summed E-state index contributed by atoms with van der Waals surface area (Å²) in [6, 6.07) is 10.1. The van der Waals surface area contributed by atoms with Crippen molar-refractivity contribution in [3.05, 3.63) is 41.9 Å². The van der Waals surface area contributed by atoms with E-state index < -0.39 is 8.32 Å². The fourth-order valence-corrected chi connectivity index (χ4v) is 5.07. The van der Waals surface area contributed by atoms with Gasteiger partial charge in [0.15, 0.2) is 8.32 Å².